The zero-order valence-electron chi connectivity index (χ0n) is 9.00. The van der Waals surface area contributed by atoms with Crippen molar-refractivity contribution < 1.29 is 8.42 Å². The van der Waals surface area contributed by atoms with E-state index in [2.05, 4.69) is 0 Å². The summed E-state index contributed by atoms with van der Waals surface area (Å²) in [5.74, 6) is 0. The van der Waals surface area contributed by atoms with Crippen LogP contribution in [0.5, 0.6) is 0 Å². The first-order valence-corrected chi connectivity index (χ1v) is 6.51. The first-order valence-electron chi connectivity index (χ1n) is 4.96. The van der Waals surface area contributed by atoms with Gasteiger partial charge in [-0.15, -0.1) is 0 Å². The van der Waals surface area contributed by atoms with Gasteiger partial charge in [-0.05, 0) is 23.8 Å². The molecule has 0 aliphatic carbocycles. The normalized spacial score (nSPS) is 11.4. The minimum atomic E-state index is -3.74. The molecule has 0 heterocycles. The van der Waals surface area contributed by atoms with Gasteiger partial charge in [-0.2, -0.15) is 0 Å². The van der Waals surface area contributed by atoms with E-state index in [-0.39, 0.29) is 4.90 Å². The van der Waals surface area contributed by atoms with Gasteiger partial charge in [0, 0.05) is 11.3 Å². The van der Waals surface area contributed by atoms with Gasteiger partial charge < -0.3 is 5.73 Å². The minimum Gasteiger partial charge on any atom is -0.399 e. The van der Waals surface area contributed by atoms with E-state index in [4.69, 9.17) is 10.9 Å². The number of hydrogen-bond acceptors (Lipinski definition) is 3. The smallest absolute Gasteiger partial charge is 0.238 e. The Morgan fingerprint density at radius 2 is 1.65 bits per heavy atom. The second-order valence-electron chi connectivity index (χ2n) is 3.67. The van der Waals surface area contributed by atoms with Gasteiger partial charge in [-0.3, -0.25) is 0 Å². The highest BCUT2D eigenvalue weighted by atomic mass is 32.2. The summed E-state index contributed by atoms with van der Waals surface area (Å²) in [5, 5.41) is 5.17. The molecule has 5 heteroatoms. The molecule has 2 rings (SSSR count). The number of anilines is 1. The van der Waals surface area contributed by atoms with Crippen LogP contribution >= 0.6 is 0 Å². The Hall–Kier alpha value is -1.85. The maximum Gasteiger partial charge on any atom is 0.238 e. The molecule has 17 heavy (non-hydrogen) atoms. The highest BCUT2D eigenvalue weighted by molar-refractivity contribution is 7.89. The van der Waals surface area contributed by atoms with E-state index in [9.17, 15) is 8.42 Å². The SMILES string of the molecule is Nc1cccc(-c2ccccc2S(N)(=O)=O)c1. The number of hydrogen-bond donors (Lipinski definition) is 2. The van der Waals surface area contributed by atoms with Crippen molar-refractivity contribution >= 4 is 15.7 Å². The van der Waals surface area contributed by atoms with E-state index in [1.165, 1.54) is 6.07 Å². The van der Waals surface area contributed by atoms with Crippen molar-refractivity contribution in [1.29, 1.82) is 0 Å². The third-order valence-electron chi connectivity index (χ3n) is 2.39. The van der Waals surface area contributed by atoms with Crippen molar-refractivity contribution in [2.24, 2.45) is 5.14 Å². The Bertz CT molecular complexity index is 651. The lowest BCUT2D eigenvalue weighted by molar-refractivity contribution is 0.598. The molecule has 0 radical (unpaired) electrons. The summed E-state index contributed by atoms with van der Waals surface area (Å²) in [6, 6.07) is 13.6. The van der Waals surface area contributed by atoms with Crippen molar-refractivity contribution in [2.75, 3.05) is 5.73 Å². The molecule has 4 N–H and O–H groups in total. The second-order valence-corrected chi connectivity index (χ2v) is 5.20. The molecule has 4 nitrogen and oxygen atoms in total. The number of benzene rings is 2. The van der Waals surface area contributed by atoms with Gasteiger partial charge in [0.2, 0.25) is 10.0 Å². The Balaban J connectivity index is 2.69. The molecule has 0 spiro atoms. The van der Waals surface area contributed by atoms with Crippen molar-refractivity contribution in [1.82, 2.24) is 0 Å². The molecule has 0 aliphatic heterocycles. The van der Waals surface area contributed by atoms with Gasteiger partial charge in [0.25, 0.3) is 0 Å². The molecule has 2 aromatic carbocycles. The monoisotopic (exact) mass is 248 g/mol. The Morgan fingerprint density at radius 3 is 2.29 bits per heavy atom. The third-order valence-corrected chi connectivity index (χ3v) is 3.36. The zero-order chi connectivity index (χ0) is 12.5. The van der Waals surface area contributed by atoms with E-state index in [0.29, 0.717) is 11.3 Å². The van der Waals surface area contributed by atoms with Crippen LogP contribution in [-0.2, 0) is 10.0 Å². The lowest BCUT2D eigenvalue weighted by Gasteiger charge is -2.08. The summed E-state index contributed by atoms with van der Waals surface area (Å²) in [6.45, 7) is 0. The van der Waals surface area contributed by atoms with Crippen molar-refractivity contribution in [3.05, 3.63) is 48.5 Å². The van der Waals surface area contributed by atoms with Crippen LogP contribution in [0.3, 0.4) is 0 Å². The maximum atomic E-state index is 11.5. The van der Waals surface area contributed by atoms with Crippen molar-refractivity contribution in [3.8, 4) is 11.1 Å². The predicted octanol–water partition coefficient (Wildman–Crippen LogP) is 1.58. The van der Waals surface area contributed by atoms with E-state index < -0.39 is 10.0 Å². The largest absolute Gasteiger partial charge is 0.399 e. The van der Waals surface area contributed by atoms with Crippen molar-refractivity contribution in [2.45, 2.75) is 4.90 Å². The molecule has 88 valence electrons. The third kappa shape index (κ3) is 2.46. The summed E-state index contributed by atoms with van der Waals surface area (Å²) in [6.07, 6.45) is 0. The average molecular weight is 248 g/mol. The van der Waals surface area contributed by atoms with Crippen LogP contribution in [0, 0.1) is 0 Å². The van der Waals surface area contributed by atoms with Gasteiger partial charge in [-0.25, -0.2) is 13.6 Å². The molecule has 0 atom stereocenters. The lowest BCUT2D eigenvalue weighted by Crippen LogP contribution is -2.13. The molecule has 0 bridgehead atoms. The maximum absolute atomic E-state index is 11.5. The first kappa shape index (κ1) is 11.6. The number of primary sulfonamides is 1. The van der Waals surface area contributed by atoms with E-state index in [1.54, 1.807) is 42.5 Å². The van der Waals surface area contributed by atoms with Gasteiger partial charge >= 0.3 is 0 Å². The molecule has 2 aromatic rings. The summed E-state index contributed by atoms with van der Waals surface area (Å²) >= 11 is 0. The highest BCUT2D eigenvalue weighted by Gasteiger charge is 2.14. The van der Waals surface area contributed by atoms with Gasteiger partial charge in [-0.1, -0.05) is 30.3 Å². The fourth-order valence-corrected chi connectivity index (χ4v) is 2.42. The number of rotatable bonds is 2. The Labute approximate surface area is 99.9 Å². The fraction of sp³-hybridized carbons (Fsp3) is 0. The summed E-state index contributed by atoms with van der Waals surface area (Å²) < 4.78 is 22.9. The lowest BCUT2D eigenvalue weighted by atomic mass is 10.1. The van der Waals surface area contributed by atoms with Crippen LogP contribution in [0.4, 0.5) is 5.69 Å². The average Bonchev–Trinajstić information content (AvgIpc) is 2.28. The van der Waals surface area contributed by atoms with Crippen LogP contribution in [0.2, 0.25) is 0 Å². The minimum absolute atomic E-state index is 0.102. The topological polar surface area (TPSA) is 86.2 Å². The van der Waals surface area contributed by atoms with Crippen LogP contribution in [0.15, 0.2) is 53.4 Å². The molecule has 0 unspecified atom stereocenters. The van der Waals surface area contributed by atoms with Crippen LogP contribution < -0.4 is 10.9 Å². The quantitative estimate of drug-likeness (QED) is 0.791. The van der Waals surface area contributed by atoms with E-state index in [1.807, 2.05) is 0 Å². The number of nitrogen functional groups attached to an aromatic ring is 1. The molecule has 0 saturated heterocycles. The summed E-state index contributed by atoms with van der Waals surface area (Å²) in [4.78, 5) is 0.102. The van der Waals surface area contributed by atoms with Crippen LogP contribution in [-0.4, -0.2) is 8.42 Å². The number of sulfonamides is 1. The highest BCUT2D eigenvalue weighted by Crippen LogP contribution is 2.27. The molecule has 0 aliphatic rings. The molecule has 0 fully saturated rings. The fourth-order valence-electron chi connectivity index (χ4n) is 1.66. The summed E-state index contributed by atoms with van der Waals surface area (Å²) in [5.41, 5.74) is 7.54. The second kappa shape index (κ2) is 4.20. The van der Waals surface area contributed by atoms with Gasteiger partial charge in [0.15, 0.2) is 0 Å². The predicted molar refractivity (Wildman–Crippen MR) is 67.7 cm³/mol. The van der Waals surface area contributed by atoms with Crippen LogP contribution in [0.25, 0.3) is 11.1 Å². The molecule has 0 saturated carbocycles. The Morgan fingerprint density at radius 1 is 0.941 bits per heavy atom. The molecular formula is C12H12N2O2S. The Kier molecular flexibility index (Phi) is 2.87. The summed E-state index contributed by atoms with van der Waals surface area (Å²) in [7, 11) is -3.74. The van der Waals surface area contributed by atoms with E-state index >= 15 is 0 Å². The molecule has 0 aromatic heterocycles. The van der Waals surface area contributed by atoms with Gasteiger partial charge in [0.05, 0.1) is 4.90 Å². The standard InChI is InChI=1S/C12H12N2O2S/c13-10-5-3-4-9(8-10)11-6-1-2-7-12(11)17(14,15)16/h1-8H,13H2,(H2,14,15,16). The first-order chi connectivity index (χ1) is 7.98. The van der Waals surface area contributed by atoms with Crippen LogP contribution in [0.1, 0.15) is 0 Å². The number of nitrogens with two attached hydrogens (primary N) is 2. The van der Waals surface area contributed by atoms with Gasteiger partial charge in [0.1, 0.15) is 0 Å². The van der Waals surface area contributed by atoms with E-state index in [0.717, 1.165) is 5.56 Å². The molecular weight excluding hydrogens is 236 g/mol. The molecule has 0 amide bonds. The van der Waals surface area contributed by atoms with Crippen molar-refractivity contribution in [3.63, 3.8) is 0 Å². The zero-order valence-corrected chi connectivity index (χ0v) is 9.81.